The van der Waals surface area contributed by atoms with Crippen LogP contribution >= 0.6 is 0 Å². The molecule has 0 aromatic carbocycles. The number of rotatable bonds is 20. The summed E-state index contributed by atoms with van der Waals surface area (Å²) in [7, 11) is 0. The first-order chi connectivity index (χ1) is 26.5. The molecule has 0 bridgehead atoms. The Kier molecular flexibility index (Phi) is 17.1. The van der Waals surface area contributed by atoms with Crippen molar-refractivity contribution >= 4 is 42.6 Å². The van der Waals surface area contributed by atoms with Crippen molar-refractivity contribution < 1.29 is 80.2 Å². The van der Waals surface area contributed by atoms with Crippen LogP contribution in [0.4, 0.5) is 33.0 Å². The van der Waals surface area contributed by atoms with Crippen LogP contribution in [-0.2, 0) is 42.8 Å². The summed E-state index contributed by atoms with van der Waals surface area (Å²) in [6.07, 6.45) is -11.2. The maximum atomic E-state index is 14.9. The molecule has 2 aliphatic rings. The Morgan fingerprint density at radius 1 is 0.911 bits per heavy atom. The Morgan fingerprint density at radius 3 is 2.05 bits per heavy atom. The van der Waals surface area contributed by atoms with E-state index in [1.54, 1.807) is 0 Å². The van der Waals surface area contributed by atoms with Crippen molar-refractivity contribution in [2.24, 2.45) is 4.99 Å². The van der Waals surface area contributed by atoms with Gasteiger partial charge in [-0.3, -0.25) is 34.6 Å². The second kappa shape index (κ2) is 21.2. The summed E-state index contributed by atoms with van der Waals surface area (Å²) < 4.78 is 89.0. The number of amides is 3. The maximum Gasteiger partial charge on any atom is 0.412 e. The normalized spacial score (nSPS) is 24.0. The van der Waals surface area contributed by atoms with E-state index in [-0.39, 0.29) is 31.3 Å². The molecule has 20 nitrogen and oxygen atoms in total. The number of ether oxygens (including phenoxy) is 6. The molecule has 24 heteroatoms. The fraction of sp³-hybridized carbons (Fsp3) is 0.625. The summed E-state index contributed by atoms with van der Waals surface area (Å²) in [6.45, 7) is 2.09. The number of alkyl carbamates (subject to hydrolysis) is 1. The van der Waals surface area contributed by atoms with Crippen molar-refractivity contribution in [3.05, 3.63) is 34.6 Å². The van der Waals surface area contributed by atoms with Crippen molar-refractivity contribution in [2.75, 3.05) is 31.7 Å². The fourth-order valence-corrected chi connectivity index (χ4v) is 4.75. The minimum absolute atomic E-state index is 0.0916. The quantitative estimate of drug-likeness (QED) is 0.0310. The first-order valence-electron chi connectivity index (χ1n) is 17.2. The number of aliphatic hydroxyl groups is 2. The van der Waals surface area contributed by atoms with Gasteiger partial charge in [0.15, 0.2) is 12.2 Å². The van der Waals surface area contributed by atoms with Gasteiger partial charge in [-0.1, -0.05) is 26.7 Å². The van der Waals surface area contributed by atoms with Crippen LogP contribution in [0.2, 0.25) is 0 Å². The van der Waals surface area contributed by atoms with Crippen molar-refractivity contribution in [2.45, 2.75) is 101 Å². The van der Waals surface area contributed by atoms with Gasteiger partial charge in [0.25, 0.3) is 0 Å². The third-order valence-corrected chi connectivity index (χ3v) is 7.80. The average molecular weight is 811 g/mol. The van der Waals surface area contributed by atoms with Gasteiger partial charge in [0.2, 0.25) is 18.9 Å². The Labute approximate surface area is 315 Å². The SMILES string of the molecule is CCCCOC(=O)NC(=CC=N[C@@H]1O[C@H](COC(=O)CCC(=O)OC[C@H]2O[C@@H](n3ccc(NC(=O)OCCCC)nc3=O)C(F)(F)[C@@H]2O)[C@@H](O)C1(F)F)NC=O. The molecular formula is C32H42F4N6O14. The van der Waals surface area contributed by atoms with Gasteiger partial charge < -0.3 is 44.0 Å². The van der Waals surface area contributed by atoms with E-state index < -0.39 is 105 Å². The van der Waals surface area contributed by atoms with Gasteiger partial charge in [0, 0.05) is 12.4 Å². The van der Waals surface area contributed by atoms with Crippen LogP contribution in [0.15, 0.2) is 33.9 Å². The molecule has 0 unspecified atom stereocenters. The summed E-state index contributed by atoms with van der Waals surface area (Å²) in [5.74, 6) is -10.9. The zero-order valence-corrected chi connectivity index (χ0v) is 30.1. The molecule has 2 aliphatic heterocycles. The number of nitrogens with one attached hydrogen (secondary N) is 3. The van der Waals surface area contributed by atoms with Gasteiger partial charge in [0.1, 0.15) is 37.1 Å². The molecular weight excluding hydrogens is 768 g/mol. The van der Waals surface area contributed by atoms with Crippen molar-refractivity contribution in [3.8, 4) is 0 Å². The topological polar surface area (TPSA) is 265 Å². The van der Waals surface area contributed by atoms with Gasteiger partial charge in [-0.05, 0) is 25.0 Å². The molecule has 2 fully saturated rings. The largest absolute Gasteiger partial charge is 0.463 e. The first-order valence-corrected chi connectivity index (χ1v) is 17.2. The Bertz CT molecular complexity index is 1650. The molecule has 56 heavy (non-hydrogen) atoms. The number of esters is 2. The smallest absolute Gasteiger partial charge is 0.412 e. The summed E-state index contributed by atoms with van der Waals surface area (Å²) in [5.41, 5.74) is -1.28. The standard InChI is InChI=1S/C32H42F4N6O14/c1-3-5-13-51-29(49)40-20(38-17-43)9-11-37-26-31(33,34)24(46)18(55-26)15-53-22(44)7-8-23(45)54-16-19-25(47)32(35,36)27(56-19)42-12-10-21(39-28(42)48)41-30(50)52-14-6-4-2/h9-12,17-19,24-27,46-47H,3-8,13-16H2,1-2H3,(H,38,43)(H,40,49)(H,39,41,48,50)/t18-,19-,24-,25-,26-,27-/m1/s1. The number of nitrogens with zero attached hydrogens (tertiary/aromatic N) is 3. The summed E-state index contributed by atoms with van der Waals surface area (Å²) in [6, 6.07) is 1.01. The van der Waals surface area contributed by atoms with Crippen LogP contribution in [0.25, 0.3) is 0 Å². The van der Waals surface area contributed by atoms with Crippen molar-refractivity contribution in [3.63, 3.8) is 0 Å². The number of halogens is 4. The third-order valence-electron chi connectivity index (χ3n) is 7.80. The third kappa shape index (κ3) is 12.7. The lowest BCUT2D eigenvalue weighted by Gasteiger charge is -2.21. The second-order valence-corrected chi connectivity index (χ2v) is 12.0. The Hall–Kier alpha value is -5.20. The lowest BCUT2D eigenvalue weighted by atomic mass is 10.1. The molecule has 0 saturated carbocycles. The van der Waals surface area contributed by atoms with E-state index in [1.807, 2.05) is 13.8 Å². The first kappa shape index (κ1) is 45.2. The van der Waals surface area contributed by atoms with Gasteiger partial charge in [-0.25, -0.2) is 14.4 Å². The minimum Gasteiger partial charge on any atom is -0.463 e. The van der Waals surface area contributed by atoms with E-state index in [0.717, 1.165) is 37.4 Å². The number of carbonyl (C=O) groups is 5. The molecule has 6 atom stereocenters. The zero-order chi connectivity index (χ0) is 41.5. The molecule has 3 amide bonds. The van der Waals surface area contributed by atoms with Crippen LogP contribution in [0.5, 0.6) is 0 Å². The second-order valence-electron chi connectivity index (χ2n) is 12.0. The van der Waals surface area contributed by atoms with Gasteiger partial charge in [-0.2, -0.15) is 22.5 Å². The van der Waals surface area contributed by atoms with E-state index in [4.69, 9.17) is 28.4 Å². The number of carbonyl (C=O) groups excluding carboxylic acids is 5. The van der Waals surface area contributed by atoms with Gasteiger partial charge in [-0.15, -0.1) is 0 Å². The highest BCUT2D eigenvalue weighted by Gasteiger charge is 2.60. The number of aliphatic imine (C=N–C) groups is 1. The lowest BCUT2D eigenvalue weighted by Crippen LogP contribution is -2.42. The lowest BCUT2D eigenvalue weighted by molar-refractivity contribution is -0.156. The highest BCUT2D eigenvalue weighted by Crippen LogP contribution is 2.42. The number of aromatic nitrogens is 2. The van der Waals surface area contributed by atoms with E-state index in [1.165, 1.54) is 0 Å². The average Bonchev–Trinajstić information content (AvgIpc) is 3.50. The molecule has 0 spiro atoms. The van der Waals surface area contributed by atoms with Crippen LogP contribution in [0, 0.1) is 0 Å². The van der Waals surface area contributed by atoms with Crippen molar-refractivity contribution in [1.29, 1.82) is 0 Å². The molecule has 5 N–H and O–H groups in total. The molecule has 2 saturated heterocycles. The van der Waals surface area contributed by atoms with Crippen molar-refractivity contribution in [1.82, 2.24) is 20.2 Å². The van der Waals surface area contributed by atoms with E-state index in [9.17, 15) is 56.5 Å². The Morgan fingerprint density at radius 2 is 1.48 bits per heavy atom. The molecule has 3 heterocycles. The number of anilines is 1. The summed E-state index contributed by atoms with van der Waals surface area (Å²) in [4.78, 5) is 78.3. The van der Waals surface area contributed by atoms with Gasteiger partial charge >= 0.3 is 41.7 Å². The summed E-state index contributed by atoms with van der Waals surface area (Å²) in [5, 5.41) is 26.7. The predicted molar refractivity (Wildman–Crippen MR) is 179 cm³/mol. The number of allylic oxidation sites excluding steroid dienone is 1. The molecule has 0 radical (unpaired) electrons. The maximum absolute atomic E-state index is 14.9. The molecule has 1 aromatic heterocycles. The number of unbranched alkanes of at least 4 members (excludes halogenated alkanes) is 2. The number of aliphatic hydroxyl groups excluding tert-OH is 2. The molecule has 1 aromatic rings. The zero-order valence-electron chi connectivity index (χ0n) is 30.1. The molecule has 0 aliphatic carbocycles. The van der Waals surface area contributed by atoms with Crippen LogP contribution in [0.3, 0.4) is 0 Å². The highest BCUT2D eigenvalue weighted by molar-refractivity contribution is 5.83. The summed E-state index contributed by atoms with van der Waals surface area (Å²) >= 11 is 0. The van der Waals surface area contributed by atoms with E-state index in [0.29, 0.717) is 17.4 Å². The number of alkyl halides is 4. The Balaban J connectivity index is 1.46. The molecule has 3 rings (SSSR count). The number of hydrogen-bond acceptors (Lipinski definition) is 16. The van der Waals surface area contributed by atoms with E-state index >= 15 is 0 Å². The van der Waals surface area contributed by atoms with E-state index in [2.05, 4.69) is 25.9 Å². The molecule has 312 valence electrons. The highest BCUT2D eigenvalue weighted by atomic mass is 19.3. The van der Waals surface area contributed by atoms with Gasteiger partial charge in [0.05, 0.1) is 26.1 Å². The monoisotopic (exact) mass is 810 g/mol. The van der Waals surface area contributed by atoms with Crippen LogP contribution < -0.4 is 21.6 Å². The van der Waals surface area contributed by atoms with Crippen LogP contribution in [-0.4, -0.2) is 125 Å². The minimum atomic E-state index is -4.08. The predicted octanol–water partition coefficient (Wildman–Crippen LogP) is 1.26. The fourth-order valence-electron chi connectivity index (χ4n) is 4.75. The number of hydrogen-bond donors (Lipinski definition) is 5. The van der Waals surface area contributed by atoms with Crippen LogP contribution in [0.1, 0.15) is 58.6 Å².